The normalized spacial score (nSPS) is 11.3. The number of amides is 1. The van der Waals surface area contributed by atoms with Crippen LogP contribution in [0.25, 0.3) is 0 Å². The number of benzene rings is 2. The van der Waals surface area contributed by atoms with E-state index in [1.165, 1.54) is 13.1 Å². The van der Waals surface area contributed by atoms with Gasteiger partial charge in [0.1, 0.15) is 0 Å². The number of hydrogen-bond donors (Lipinski definition) is 1. The lowest BCUT2D eigenvalue weighted by Crippen LogP contribution is -2.26. The molecule has 3 rings (SSSR count). The highest BCUT2D eigenvalue weighted by Crippen LogP contribution is 2.22. The highest BCUT2D eigenvalue weighted by Gasteiger charge is 2.26. The van der Waals surface area contributed by atoms with Crippen LogP contribution in [0.1, 0.15) is 39.3 Å². The Balaban J connectivity index is 1.84. The Morgan fingerprint density at radius 1 is 0.929 bits per heavy atom. The fourth-order valence-electron chi connectivity index (χ4n) is 2.58. The lowest BCUT2D eigenvalue weighted by atomic mass is 10.1. The second kappa shape index (κ2) is 8.73. The molecule has 0 radical (unpaired) electrons. The Morgan fingerprint density at radius 2 is 1.68 bits per heavy atom. The summed E-state index contributed by atoms with van der Waals surface area (Å²) in [6.07, 6.45) is 1.76. The summed E-state index contributed by atoms with van der Waals surface area (Å²) in [6, 6.07) is 18.5. The number of rotatable bonds is 6. The van der Waals surface area contributed by atoms with Crippen LogP contribution in [0, 0.1) is 0 Å². The molecule has 0 aliphatic carbocycles. The van der Waals surface area contributed by atoms with Gasteiger partial charge in [-0.25, -0.2) is 4.79 Å². The number of carbonyl (C=O) groups excluding carboxylic acids is 3. The fraction of sp³-hybridized carbons (Fsp3) is 0.0909. The van der Waals surface area contributed by atoms with E-state index >= 15 is 0 Å². The summed E-state index contributed by atoms with van der Waals surface area (Å²) < 4.78 is 5.48. The average Bonchev–Trinajstić information content (AvgIpc) is 2.73. The van der Waals surface area contributed by atoms with Crippen molar-refractivity contribution in [3.8, 4) is 0 Å². The second-order valence-corrected chi connectivity index (χ2v) is 6.06. The Bertz CT molecular complexity index is 988. The van der Waals surface area contributed by atoms with Crippen molar-refractivity contribution in [1.29, 1.82) is 0 Å². The Kier molecular flexibility index (Phi) is 5.91. The van der Waals surface area contributed by atoms with Crippen molar-refractivity contribution in [2.75, 3.05) is 5.32 Å². The van der Waals surface area contributed by atoms with Gasteiger partial charge in [0.05, 0.1) is 5.56 Å². The lowest BCUT2D eigenvalue weighted by Gasteiger charge is -2.18. The number of ketones is 1. The van der Waals surface area contributed by atoms with Crippen LogP contribution in [0.15, 0.2) is 79.1 Å². The number of ether oxygens (including phenoxy) is 1. The van der Waals surface area contributed by atoms with Gasteiger partial charge in [-0.1, -0.05) is 42.5 Å². The van der Waals surface area contributed by atoms with Gasteiger partial charge in [0, 0.05) is 29.2 Å². The first kappa shape index (κ1) is 19.0. The van der Waals surface area contributed by atoms with Crippen LogP contribution in [0.5, 0.6) is 0 Å². The van der Waals surface area contributed by atoms with Crippen LogP contribution in [-0.2, 0) is 9.53 Å². The van der Waals surface area contributed by atoms with Crippen LogP contribution in [0.4, 0.5) is 5.69 Å². The van der Waals surface area contributed by atoms with E-state index in [9.17, 15) is 14.4 Å². The topological polar surface area (TPSA) is 85.4 Å². The number of aromatic nitrogens is 1. The predicted octanol–water partition coefficient (Wildman–Crippen LogP) is 3.82. The standard InChI is InChI=1S/C22H18N2O4/c1-15(25)17-9-5-11-19(13-17)24-21(26)20(16-7-3-2-4-8-16)28-22(27)18-10-6-12-23-14-18/h2-14,20H,1H3,(H,24,26)/t20-/m1/s1. The van der Waals surface area contributed by atoms with Crippen LogP contribution < -0.4 is 5.32 Å². The van der Waals surface area contributed by atoms with Crippen LogP contribution in [0.3, 0.4) is 0 Å². The molecular weight excluding hydrogens is 356 g/mol. The van der Waals surface area contributed by atoms with E-state index in [-0.39, 0.29) is 11.3 Å². The quantitative estimate of drug-likeness (QED) is 0.524. The van der Waals surface area contributed by atoms with E-state index in [1.54, 1.807) is 72.9 Å². The molecule has 1 N–H and O–H groups in total. The van der Waals surface area contributed by atoms with Gasteiger partial charge in [-0.3, -0.25) is 14.6 Å². The summed E-state index contributed by atoms with van der Waals surface area (Å²) >= 11 is 0. The molecular formula is C22H18N2O4. The van der Waals surface area contributed by atoms with E-state index in [0.29, 0.717) is 16.8 Å². The molecule has 0 saturated carbocycles. The molecule has 2 aromatic carbocycles. The maximum Gasteiger partial charge on any atom is 0.340 e. The molecule has 0 spiro atoms. The number of anilines is 1. The average molecular weight is 374 g/mol. The first-order valence-electron chi connectivity index (χ1n) is 8.62. The van der Waals surface area contributed by atoms with Gasteiger partial charge in [-0.05, 0) is 31.2 Å². The molecule has 1 atom stereocenters. The molecule has 0 fully saturated rings. The minimum atomic E-state index is -1.16. The van der Waals surface area contributed by atoms with Gasteiger partial charge in [-0.2, -0.15) is 0 Å². The second-order valence-electron chi connectivity index (χ2n) is 6.06. The maximum atomic E-state index is 12.9. The SMILES string of the molecule is CC(=O)c1cccc(NC(=O)[C@H](OC(=O)c2cccnc2)c2ccccc2)c1. The van der Waals surface area contributed by atoms with Crippen molar-refractivity contribution in [3.63, 3.8) is 0 Å². The predicted molar refractivity (Wildman–Crippen MR) is 104 cm³/mol. The van der Waals surface area contributed by atoms with Crippen molar-refractivity contribution < 1.29 is 19.1 Å². The number of carbonyl (C=O) groups is 3. The number of nitrogens with zero attached hydrogens (tertiary/aromatic N) is 1. The third-order valence-electron chi connectivity index (χ3n) is 4.00. The van der Waals surface area contributed by atoms with E-state index in [1.807, 2.05) is 0 Å². The van der Waals surface area contributed by atoms with Crippen molar-refractivity contribution >= 4 is 23.3 Å². The van der Waals surface area contributed by atoms with Crippen LogP contribution >= 0.6 is 0 Å². The number of Topliss-reactive ketones (excluding diaryl/α,β-unsaturated/α-hetero) is 1. The monoisotopic (exact) mass is 374 g/mol. The molecule has 6 nitrogen and oxygen atoms in total. The first-order valence-corrected chi connectivity index (χ1v) is 8.62. The third kappa shape index (κ3) is 4.67. The molecule has 1 aromatic heterocycles. The Labute approximate surface area is 162 Å². The summed E-state index contributed by atoms with van der Waals surface area (Å²) in [5.41, 5.74) is 1.69. The van der Waals surface area contributed by atoms with Gasteiger partial charge < -0.3 is 10.1 Å². The van der Waals surface area contributed by atoms with Crippen LogP contribution in [-0.4, -0.2) is 22.6 Å². The lowest BCUT2D eigenvalue weighted by molar-refractivity contribution is -0.125. The number of pyridine rings is 1. The molecule has 0 saturated heterocycles. The molecule has 28 heavy (non-hydrogen) atoms. The van der Waals surface area contributed by atoms with Gasteiger partial charge in [0.15, 0.2) is 5.78 Å². The summed E-state index contributed by atoms with van der Waals surface area (Å²) in [4.78, 5) is 40.8. The van der Waals surface area contributed by atoms with Gasteiger partial charge in [0.25, 0.3) is 5.91 Å². The highest BCUT2D eigenvalue weighted by molar-refractivity contribution is 6.00. The minimum absolute atomic E-state index is 0.112. The smallest absolute Gasteiger partial charge is 0.340 e. The molecule has 1 heterocycles. The fourth-order valence-corrected chi connectivity index (χ4v) is 2.58. The summed E-state index contributed by atoms with van der Waals surface area (Å²) in [5.74, 6) is -1.29. The third-order valence-corrected chi connectivity index (χ3v) is 4.00. The summed E-state index contributed by atoms with van der Waals surface area (Å²) in [5, 5.41) is 2.71. The zero-order valence-corrected chi connectivity index (χ0v) is 15.2. The molecule has 0 aliphatic rings. The highest BCUT2D eigenvalue weighted by atomic mass is 16.5. The largest absolute Gasteiger partial charge is 0.444 e. The number of nitrogens with one attached hydrogen (secondary N) is 1. The zero-order chi connectivity index (χ0) is 19.9. The molecule has 0 unspecified atom stereocenters. The van der Waals surface area contributed by atoms with E-state index in [0.717, 1.165) is 0 Å². The molecule has 3 aromatic rings. The Morgan fingerprint density at radius 3 is 2.36 bits per heavy atom. The van der Waals surface area contributed by atoms with E-state index in [4.69, 9.17) is 4.74 Å². The van der Waals surface area contributed by atoms with E-state index in [2.05, 4.69) is 10.3 Å². The van der Waals surface area contributed by atoms with Crippen molar-refractivity contribution in [2.45, 2.75) is 13.0 Å². The summed E-state index contributed by atoms with van der Waals surface area (Å²) in [6.45, 7) is 1.45. The molecule has 0 aliphatic heterocycles. The number of hydrogen-bond acceptors (Lipinski definition) is 5. The first-order chi connectivity index (χ1) is 13.5. The molecule has 140 valence electrons. The van der Waals surface area contributed by atoms with Crippen molar-refractivity contribution in [2.24, 2.45) is 0 Å². The zero-order valence-electron chi connectivity index (χ0n) is 15.2. The summed E-state index contributed by atoms with van der Waals surface area (Å²) in [7, 11) is 0. The minimum Gasteiger partial charge on any atom is -0.444 e. The Hall–Kier alpha value is -3.80. The molecule has 1 amide bonds. The van der Waals surface area contributed by atoms with Gasteiger partial charge in [0.2, 0.25) is 6.10 Å². The molecule has 6 heteroatoms. The van der Waals surface area contributed by atoms with Gasteiger partial charge in [-0.15, -0.1) is 0 Å². The van der Waals surface area contributed by atoms with Crippen molar-refractivity contribution in [3.05, 3.63) is 95.8 Å². The van der Waals surface area contributed by atoms with Crippen molar-refractivity contribution in [1.82, 2.24) is 4.98 Å². The number of esters is 1. The van der Waals surface area contributed by atoms with Gasteiger partial charge >= 0.3 is 5.97 Å². The van der Waals surface area contributed by atoms with Crippen LogP contribution in [0.2, 0.25) is 0 Å². The van der Waals surface area contributed by atoms with E-state index < -0.39 is 18.0 Å². The molecule has 0 bridgehead atoms. The maximum absolute atomic E-state index is 12.9.